The molecule has 0 radical (unpaired) electrons. The predicted molar refractivity (Wildman–Crippen MR) is 37.0 cm³/mol. The third-order valence-corrected chi connectivity index (χ3v) is 1.01. The SMILES string of the molecule is CCCCCCO.[Al+3]. The molecular weight excluding hydrogens is 115 g/mol. The van der Waals surface area contributed by atoms with E-state index >= 15 is 0 Å². The van der Waals surface area contributed by atoms with Crippen molar-refractivity contribution in [2.45, 2.75) is 32.6 Å². The van der Waals surface area contributed by atoms with Gasteiger partial charge >= 0.3 is 17.4 Å². The van der Waals surface area contributed by atoms with Crippen LogP contribution in [-0.4, -0.2) is 29.1 Å². The van der Waals surface area contributed by atoms with Gasteiger partial charge in [-0.1, -0.05) is 26.2 Å². The topological polar surface area (TPSA) is 20.2 Å². The maximum atomic E-state index is 8.29. The average molecular weight is 129 g/mol. The van der Waals surface area contributed by atoms with Gasteiger partial charge in [0.05, 0.1) is 0 Å². The summed E-state index contributed by atoms with van der Waals surface area (Å²) in [7, 11) is 0. The van der Waals surface area contributed by atoms with E-state index in [0.29, 0.717) is 6.61 Å². The van der Waals surface area contributed by atoms with Gasteiger partial charge in [-0.05, 0) is 6.42 Å². The van der Waals surface area contributed by atoms with E-state index in [0.717, 1.165) is 6.42 Å². The quantitative estimate of drug-likeness (QED) is 0.446. The van der Waals surface area contributed by atoms with Crippen LogP contribution in [0.3, 0.4) is 0 Å². The van der Waals surface area contributed by atoms with Crippen LogP contribution in [0, 0.1) is 0 Å². The summed E-state index contributed by atoms with van der Waals surface area (Å²) in [6.45, 7) is 2.53. The van der Waals surface area contributed by atoms with E-state index in [9.17, 15) is 0 Å². The molecule has 0 heterocycles. The molecular formula is C6H14AlO+3. The Morgan fingerprint density at radius 3 is 2.12 bits per heavy atom. The summed E-state index contributed by atoms with van der Waals surface area (Å²) < 4.78 is 0. The van der Waals surface area contributed by atoms with Crippen LogP contribution in [0.1, 0.15) is 32.6 Å². The van der Waals surface area contributed by atoms with Gasteiger partial charge in [0.15, 0.2) is 0 Å². The number of aliphatic hydroxyl groups is 1. The molecule has 2 heteroatoms. The second-order valence-electron chi connectivity index (χ2n) is 1.78. The summed E-state index contributed by atoms with van der Waals surface area (Å²) in [5.41, 5.74) is 0. The van der Waals surface area contributed by atoms with Crippen molar-refractivity contribution in [3.63, 3.8) is 0 Å². The van der Waals surface area contributed by atoms with Crippen molar-refractivity contribution in [3.8, 4) is 0 Å². The zero-order valence-electron chi connectivity index (χ0n) is 5.56. The van der Waals surface area contributed by atoms with Crippen molar-refractivity contribution in [1.29, 1.82) is 0 Å². The van der Waals surface area contributed by atoms with Crippen molar-refractivity contribution < 1.29 is 5.11 Å². The largest absolute Gasteiger partial charge is 3.00 e. The third kappa shape index (κ3) is 9.70. The first-order valence-corrected chi connectivity index (χ1v) is 3.02. The Morgan fingerprint density at radius 1 is 1.12 bits per heavy atom. The second kappa shape index (κ2) is 10.5. The molecule has 0 fully saturated rings. The minimum Gasteiger partial charge on any atom is -0.396 e. The Balaban J connectivity index is 0. The first-order valence-electron chi connectivity index (χ1n) is 3.02. The van der Waals surface area contributed by atoms with Gasteiger partial charge in [0.1, 0.15) is 0 Å². The summed E-state index contributed by atoms with van der Waals surface area (Å²) in [4.78, 5) is 0. The number of hydrogen-bond acceptors (Lipinski definition) is 1. The zero-order chi connectivity index (χ0) is 5.54. The maximum absolute atomic E-state index is 8.29. The van der Waals surface area contributed by atoms with Crippen LogP contribution < -0.4 is 0 Å². The minimum absolute atomic E-state index is 0. The van der Waals surface area contributed by atoms with Gasteiger partial charge in [0, 0.05) is 6.61 Å². The second-order valence-corrected chi connectivity index (χ2v) is 1.78. The molecule has 0 aliphatic carbocycles. The monoisotopic (exact) mass is 129 g/mol. The fraction of sp³-hybridized carbons (Fsp3) is 1.00. The molecule has 0 spiro atoms. The van der Waals surface area contributed by atoms with Gasteiger partial charge in [-0.15, -0.1) is 0 Å². The Labute approximate surface area is 62.2 Å². The molecule has 0 aliphatic heterocycles. The van der Waals surface area contributed by atoms with E-state index < -0.39 is 0 Å². The van der Waals surface area contributed by atoms with Gasteiger partial charge in [-0.3, -0.25) is 0 Å². The number of rotatable bonds is 4. The van der Waals surface area contributed by atoms with Gasteiger partial charge in [0.2, 0.25) is 0 Å². The van der Waals surface area contributed by atoms with Crippen LogP contribution in [0.15, 0.2) is 0 Å². The fourth-order valence-electron chi connectivity index (χ4n) is 0.539. The summed E-state index contributed by atoms with van der Waals surface area (Å²) >= 11 is 0. The first-order chi connectivity index (χ1) is 3.41. The Morgan fingerprint density at radius 2 is 1.75 bits per heavy atom. The van der Waals surface area contributed by atoms with Gasteiger partial charge < -0.3 is 5.11 Å². The van der Waals surface area contributed by atoms with Crippen LogP contribution in [0.5, 0.6) is 0 Å². The third-order valence-electron chi connectivity index (χ3n) is 1.01. The van der Waals surface area contributed by atoms with E-state index in [4.69, 9.17) is 5.11 Å². The molecule has 44 valence electrons. The normalized spacial score (nSPS) is 8.25. The average Bonchev–Trinajstić information content (AvgIpc) is 1.69. The fourth-order valence-corrected chi connectivity index (χ4v) is 0.539. The van der Waals surface area contributed by atoms with E-state index in [-0.39, 0.29) is 17.4 Å². The Hall–Kier alpha value is 0.492. The molecule has 0 aliphatic rings. The Bertz CT molecular complexity index is 27.7. The van der Waals surface area contributed by atoms with E-state index in [1.165, 1.54) is 19.3 Å². The predicted octanol–water partition coefficient (Wildman–Crippen LogP) is 1.18. The molecule has 0 saturated heterocycles. The molecule has 8 heavy (non-hydrogen) atoms. The summed E-state index contributed by atoms with van der Waals surface area (Å²) in [5, 5.41) is 8.29. The number of unbranched alkanes of at least 4 members (excludes halogenated alkanes) is 3. The van der Waals surface area contributed by atoms with Gasteiger partial charge in [0.25, 0.3) is 0 Å². The summed E-state index contributed by atoms with van der Waals surface area (Å²) in [5.74, 6) is 0. The van der Waals surface area contributed by atoms with Crippen LogP contribution in [-0.2, 0) is 0 Å². The Kier molecular flexibility index (Phi) is 14.8. The van der Waals surface area contributed by atoms with E-state index in [1.807, 2.05) is 0 Å². The van der Waals surface area contributed by atoms with Crippen molar-refractivity contribution in [3.05, 3.63) is 0 Å². The molecule has 1 N–H and O–H groups in total. The van der Waals surface area contributed by atoms with Gasteiger partial charge in [-0.2, -0.15) is 0 Å². The van der Waals surface area contributed by atoms with E-state index in [1.54, 1.807) is 0 Å². The van der Waals surface area contributed by atoms with Crippen molar-refractivity contribution in [1.82, 2.24) is 0 Å². The molecule has 0 amide bonds. The summed E-state index contributed by atoms with van der Waals surface area (Å²) in [6.07, 6.45) is 4.68. The molecule has 0 aromatic rings. The smallest absolute Gasteiger partial charge is 0.396 e. The molecule has 0 saturated carbocycles. The number of aliphatic hydroxyl groups excluding tert-OH is 1. The first kappa shape index (κ1) is 11.3. The molecule has 1 nitrogen and oxygen atoms in total. The molecule has 0 unspecified atom stereocenters. The van der Waals surface area contributed by atoms with Crippen molar-refractivity contribution >= 4 is 17.4 Å². The molecule has 0 bridgehead atoms. The standard InChI is InChI=1S/C6H14O.Al/c1-2-3-4-5-6-7;/h7H,2-6H2,1H3;/q;+3. The van der Waals surface area contributed by atoms with Crippen LogP contribution in [0.2, 0.25) is 0 Å². The van der Waals surface area contributed by atoms with Crippen LogP contribution in [0.4, 0.5) is 0 Å². The van der Waals surface area contributed by atoms with Crippen molar-refractivity contribution in [2.75, 3.05) is 6.61 Å². The van der Waals surface area contributed by atoms with Crippen LogP contribution in [0.25, 0.3) is 0 Å². The minimum atomic E-state index is 0. The van der Waals surface area contributed by atoms with Gasteiger partial charge in [-0.25, -0.2) is 0 Å². The summed E-state index contributed by atoms with van der Waals surface area (Å²) in [6, 6.07) is 0. The molecule has 0 atom stereocenters. The molecule has 0 aromatic carbocycles. The van der Waals surface area contributed by atoms with E-state index in [2.05, 4.69) is 6.92 Å². The number of hydrogen-bond donors (Lipinski definition) is 1. The molecule has 0 aromatic heterocycles. The molecule has 0 rings (SSSR count). The zero-order valence-corrected chi connectivity index (χ0v) is 6.71. The van der Waals surface area contributed by atoms with Crippen molar-refractivity contribution in [2.24, 2.45) is 0 Å². The van der Waals surface area contributed by atoms with Crippen LogP contribution >= 0.6 is 0 Å². The maximum Gasteiger partial charge on any atom is 3.00 e.